The molecule has 0 atom stereocenters. The number of carbonyl (C=O) groups is 1. The van der Waals surface area contributed by atoms with Gasteiger partial charge in [0.25, 0.3) is 5.91 Å². The summed E-state index contributed by atoms with van der Waals surface area (Å²) in [6.07, 6.45) is 5.06. The van der Waals surface area contributed by atoms with Gasteiger partial charge in [0.2, 0.25) is 5.95 Å². The van der Waals surface area contributed by atoms with Crippen molar-refractivity contribution in [2.24, 2.45) is 0 Å². The number of amides is 1. The predicted molar refractivity (Wildman–Crippen MR) is 111 cm³/mol. The third kappa shape index (κ3) is 3.81. The van der Waals surface area contributed by atoms with E-state index in [0.29, 0.717) is 17.6 Å². The first-order valence-electron chi connectivity index (χ1n) is 9.46. The van der Waals surface area contributed by atoms with Gasteiger partial charge in [-0.2, -0.15) is 0 Å². The predicted octanol–water partition coefficient (Wildman–Crippen LogP) is 4.06. The standard InChI is InChI=1S/C22H23N5O/c1-14-18(6-3-7-19(14)23)20-12-13-24-22(27-20)26-17-10-8-15(9-11-17)21(28)25-16-4-2-5-16/h3,6-13,16H,2,4-5,23H2,1H3,(H,25,28)(H,24,26,27). The van der Waals surface area contributed by atoms with Crippen LogP contribution in [0.15, 0.2) is 54.7 Å². The first-order chi connectivity index (χ1) is 13.6. The lowest BCUT2D eigenvalue weighted by Crippen LogP contribution is -2.39. The Balaban J connectivity index is 1.48. The summed E-state index contributed by atoms with van der Waals surface area (Å²) < 4.78 is 0. The minimum atomic E-state index is -0.0216. The molecule has 0 bridgehead atoms. The number of carbonyl (C=O) groups excluding carboxylic acids is 1. The zero-order valence-corrected chi connectivity index (χ0v) is 15.8. The second-order valence-electron chi connectivity index (χ2n) is 7.09. The topological polar surface area (TPSA) is 92.9 Å². The van der Waals surface area contributed by atoms with Gasteiger partial charge in [-0.05, 0) is 68.1 Å². The molecule has 1 amide bonds. The molecule has 6 nitrogen and oxygen atoms in total. The fourth-order valence-corrected chi connectivity index (χ4v) is 3.16. The maximum Gasteiger partial charge on any atom is 0.251 e. The highest BCUT2D eigenvalue weighted by atomic mass is 16.1. The van der Waals surface area contributed by atoms with E-state index in [-0.39, 0.29) is 5.91 Å². The van der Waals surface area contributed by atoms with Gasteiger partial charge in [0.05, 0.1) is 5.69 Å². The fourth-order valence-electron chi connectivity index (χ4n) is 3.16. The van der Waals surface area contributed by atoms with Gasteiger partial charge in [-0.25, -0.2) is 9.97 Å². The van der Waals surface area contributed by atoms with Gasteiger partial charge in [-0.3, -0.25) is 4.79 Å². The van der Waals surface area contributed by atoms with Crippen LogP contribution in [0.2, 0.25) is 0 Å². The minimum Gasteiger partial charge on any atom is -0.398 e. The van der Waals surface area contributed by atoms with Gasteiger partial charge in [-0.15, -0.1) is 0 Å². The Hall–Kier alpha value is -3.41. The molecule has 0 saturated heterocycles. The van der Waals surface area contributed by atoms with Crippen molar-refractivity contribution in [2.45, 2.75) is 32.2 Å². The molecule has 0 aliphatic heterocycles. The Morgan fingerprint density at radius 3 is 2.61 bits per heavy atom. The molecular formula is C22H23N5O. The third-order valence-electron chi connectivity index (χ3n) is 5.15. The van der Waals surface area contributed by atoms with Crippen LogP contribution < -0.4 is 16.4 Å². The van der Waals surface area contributed by atoms with Crippen LogP contribution in [0.5, 0.6) is 0 Å². The quantitative estimate of drug-likeness (QED) is 0.587. The number of aromatic nitrogens is 2. The number of hydrogen-bond acceptors (Lipinski definition) is 5. The lowest BCUT2D eigenvalue weighted by Gasteiger charge is -2.26. The lowest BCUT2D eigenvalue weighted by molar-refractivity contribution is 0.0917. The highest BCUT2D eigenvalue weighted by molar-refractivity contribution is 5.94. The second-order valence-corrected chi connectivity index (χ2v) is 7.09. The van der Waals surface area contributed by atoms with E-state index < -0.39 is 0 Å². The van der Waals surface area contributed by atoms with E-state index in [1.807, 2.05) is 55.5 Å². The van der Waals surface area contributed by atoms with Gasteiger partial charge in [0, 0.05) is 34.7 Å². The minimum absolute atomic E-state index is 0.0216. The summed E-state index contributed by atoms with van der Waals surface area (Å²) in [6.45, 7) is 1.98. The molecule has 1 aromatic heterocycles. The van der Waals surface area contributed by atoms with Crippen LogP contribution in [0.4, 0.5) is 17.3 Å². The van der Waals surface area contributed by atoms with E-state index in [2.05, 4.69) is 20.6 Å². The van der Waals surface area contributed by atoms with Crippen LogP contribution in [0.1, 0.15) is 35.2 Å². The number of anilines is 3. The highest BCUT2D eigenvalue weighted by Crippen LogP contribution is 2.26. The summed E-state index contributed by atoms with van der Waals surface area (Å²) in [6, 6.07) is 15.3. The Morgan fingerprint density at radius 2 is 1.89 bits per heavy atom. The van der Waals surface area contributed by atoms with Crippen LogP contribution in [0.25, 0.3) is 11.3 Å². The number of benzene rings is 2. The Bertz CT molecular complexity index is 996. The second kappa shape index (κ2) is 7.68. The normalized spacial score (nSPS) is 13.6. The van der Waals surface area contributed by atoms with Gasteiger partial charge in [0.15, 0.2) is 0 Å². The molecule has 28 heavy (non-hydrogen) atoms. The van der Waals surface area contributed by atoms with E-state index in [4.69, 9.17) is 5.73 Å². The van der Waals surface area contributed by atoms with Crippen molar-refractivity contribution < 1.29 is 4.79 Å². The number of nitrogens with zero attached hydrogens (tertiary/aromatic N) is 2. The van der Waals surface area contributed by atoms with Crippen molar-refractivity contribution in [3.8, 4) is 11.3 Å². The zero-order valence-electron chi connectivity index (χ0n) is 15.8. The summed E-state index contributed by atoms with van der Waals surface area (Å²) in [4.78, 5) is 21.1. The van der Waals surface area contributed by atoms with Gasteiger partial charge in [-0.1, -0.05) is 12.1 Å². The molecule has 0 spiro atoms. The van der Waals surface area contributed by atoms with Crippen LogP contribution in [0.3, 0.4) is 0 Å². The van der Waals surface area contributed by atoms with Crippen molar-refractivity contribution in [3.05, 3.63) is 65.9 Å². The van der Waals surface area contributed by atoms with E-state index in [1.54, 1.807) is 6.20 Å². The molecule has 142 valence electrons. The molecule has 1 heterocycles. The highest BCUT2D eigenvalue weighted by Gasteiger charge is 2.19. The van der Waals surface area contributed by atoms with Crippen molar-refractivity contribution in [3.63, 3.8) is 0 Å². The average molecular weight is 373 g/mol. The summed E-state index contributed by atoms with van der Waals surface area (Å²) in [5, 5.41) is 6.24. The van der Waals surface area contributed by atoms with E-state index in [1.165, 1.54) is 6.42 Å². The van der Waals surface area contributed by atoms with Crippen LogP contribution in [-0.4, -0.2) is 21.9 Å². The Morgan fingerprint density at radius 1 is 1.11 bits per heavy atom. The Labute approximate surface area is 164 Å². The molecule has 0 unspecified atom stereocenters. The summed E-state index contributed by atoms with van der Waals surface area (Å²) in [5.41, 5.74) is 11.0. The Kier molecular flexibility index (Phi) is 4.93. The maximum absolute atomic E-state index is 12.2. The summed E-state index contributed by atoms with van der Waals surface area (Å²) in [5.74, 6) is 0.470. The SMILES string of the molecule is Cc1c(N)cccc1-c1ccnc(Nc2ccc(C(=O)NC3CCC3)cc2)n1. The molecule has 1 fully saturated rings. The smallest absolute Gasteiger partial charge is 0.251 e. The van der Waals surface area contributed by atoms with Crippen LogP contribution >= 0.6 is 0 Å². The fraction of sp³-hybridized carbons (Fsp3) is 0.227. The van der Waals surface area contributed by atoms with Crippen LogP contribution in [0, 0.1) is 6.92 Å². The van der Waals surface area contributed by atoms with Gasteiger partial charge < -0.3 is 16.4 Å². The van der Waals surface area contributed by atoms with E-state index in [0.717, 1.165) is 41.0 Å². The summed E-state index contributed by atoms with van der Waals surface area (Å²) >= 11 is 0. The molecule has 2 aromatic carbocycles. The molecular weight excluding hydrogens is 350 g/mol. The number of rotatable bonds is 5. The molecule has 4 rings (SSSR count). The molecule has 1 aliphatic rings. The number of hydrogen-bond donors (Lipinski definition) is 3. The molecule has 4 N–H and O–H groups in total. The first kappa shape index (κ1) is 18.0. The van der Waals surface area contributed by atoms with Crippen molar-refractivity contribution in [2.75, 3.05) is 11.1 Å². The van der Waals surface area contributed by atoms with Crippen molar-refractivity contribution >= 4 is 23.2 Å². The van der Waals surface area contributed by atoms with E-state index in [9.17, 15) is 4.79 Å². The number of nitrogen functional groups attached to an aromatic ring is 1. The first-order valence-corrected chi connectivity index (χ1v) is 9.46. The van der Waals surface area contributed by atoms with Gasteiger partial charge in [0.1, 0.15) is 0 Å². The van der Waals surface area contributed by atoms with Crippen LogP contribution in [-0.2, 0) is 0 Å². The van der Waals surface area contributed by atoms with Crippen molar-refractivity contribution in [1.29, 1.82) is 0 Å². The average Bonchev–Trinajstić information content (AvgIpc) is 2.67. The monoisotopic (exact) mass is 373 g/mol. The lowest BCUT2D eigenvalue weighted by atomic mass is 9.93. The molecule has 1 saturated carbocycles. The number of nitrogens with two attached hydrogens (primary N) is 1. The number of nitrogens with one attached hydrogen (secondary N) is 2. The molecule has 3 aromatic rings. The van der Waals surface area contributed by atoms with E-state index >= 15 is 0 Å². The molecule has 6 heteroatoms. The largest absolute Gasteiger partial charge is 0.398 e. The van der Waals surface area contributed by atoms with Crippen molar-refractivity contribution in [1.82, 2.24) is 15.3 Å². The molecule has 1 aliphatic carbocycles. The van der Waals surface area contributed by atoms with Gasteiger partial charge >= 0.3 is 0 Å². The third-order valence-corrected chi connectivity index (χ3v) is 5.15. The zero-order chi connectivity index (χ0) is 19.5. The molecule has 0 radical (unpaired) electrons. The maximum atomic E-state index is 12.2. The summed E-state index contributed by atoms with van der Waals surface area (Å²) in [7, 11) is 0.